The molecule has 1 aromatic carbocycles. The van der Waals surface area contributed by atoms with Gasteiger partial charge in [0.15, 0.2) is 6.61 Å². The molecule has 106 valence electrons. The third-order valence-corrected chi connectivity index (χ3v) is 4.00. The van der Waals surface area contributed by atoms with Crippen LogP contribution in [0.15, 0.2) is 12.1 Å². The van der Waals surface area contributed by atoms with Gasteiger partial charge in [0.05, 0.1) is 16.4 Å². The van der Waals surface area contributed by atoms with Gasteiger partial charge in [-0.15, -0.1) is 0 Å². The SMILES string of the molecule is O=C1COc2cc(NC(=O)C3CCCC3)c(Cl)cc2N1. The normalized spacial score (nSPS) is 18.1. The molecule has 0 unspecified atom stereocenters. The number of benzene rings is 1. The van der Waals surface area contributed by atoms with Crippen LogP contribution in [0.2, 0.25) is 5.02 Å². The summed E-state index contributed by atoms with van der Waals surface area (Å²) < 4.78 is 5.32. The number of amides is 2. The van der Waals surface area contributed by atoms with Crippen LogP contribution >= 0.6 is 11.6 Å². The monoisotopic (exact) mass is 294 g/mol. The fraction of sp³-hybridized carbons (Fsp3) is 0.429. The zero-order valence-corrected chi connectivity index (χ0v) is 11.6. The lowest BCUT2D eigenvalue weighted by molar-refractivity contribution is -0.120. The molecule has 1 saturated carbocycles. The summed E-state index contributed by atoms with van der Waals surface area (Å²) in [5.74, 6) is 0.388. The van der Waals surface area contributed by atoms with E-state index in [9.17, 15) is 9.59 Å². The minimum absolute atomic E-state index is 0.00388. The van der Waals surface area contributed by atoms with Crippen molar-refractivity contribution in [2.45, 2.75) is 25.7 Å². The molecule has 1 aliphatic heterocycles. The highest BCUT2D eigenvalue weighted by Crippen LogP contribution is 2.37. The number of carbonyl (C=O) groups excluding carboxylic acids is 2. The Bertz CT molecular complexity index is 568. The van der Waals surface area contributed by atoms with Crippen LogP contribution in [0.3, 0.4) is 0 Å². The number of anilines is 2. The van der Waals surface area contributed by atoms with Gasteiger partial charge in [0.1, 0.15) is 5.75 Å². The van der Waals surface area contributed by atoms with Gasteiger partial charge in [-0.05, 0) is 18.9 Å². The van der Waals surface area contributed by atoms with Crippen LogP contribution in [0.1, 0.15) is 25.7 Å². The van der Waals surface area contributed by atoms with Crippen LogP contribution in [-0.2, 0) is 9.59 Å². The maximum Gasteiger partial charge on any atom is 0.262 e. The van der Waals surface area contributed by atoms with Gasteiger partial charge in [-0.3, -0.25) is 9.59 Å². The van der Waals surface area contributed by atoms with Crippen LogP contribution in [0.4, 0.5) is 11.4 Å². The standard InChI is InChI=1S/C14H15ClN2O3/c15-9-5-11-12(20-7-13(18)16-11)6-10(9)17-14(19)8-3-1-2-4-8/h5-6,8H,1-4,7H2,(H,16,18)(H,17,19). The summed E-state index contributed by atoms with van der Waals surface area (Å²) in [4.78, 5) is 23.3. The quantitative estimate of drug-likeness (QED) is 0.881. The molecule has 2 N–H and O–H groups in total. The first kappa shape index (κ1) is 13.2. The lowest BCUT2D eigenvalue weighted by Crippen LogP contribution is -2.26. The minimum atomic E-state index is -0.212. The average molecular weight is 295 g/mol. The highest BCUT2D eigenvalue weighted by molar-refractivity contribution is 6.34. The molecule has 5 nitrogen and oxygen atoms in total. The van der Waals surface area contributed by atoms with E-state index in [1.165, 1.54) is 0 Å². The largest absolute Gasteiger partial charge is 0.482 e. The summed E-state index contributed by atoms with van der Waals surface area (Å²) in [6.45, 7) is -0.0232. The fourth-order valence-electron chi connectivity index (χ4n) is 2.62. The van der Waals surface area contributed by atoms with Gasteiger partial charge in [0.2, 0.25) is 5.91 Å². The molecule has 6 heteroatoms. The van der Waals surface area contributed by atoms with Gasteiger partial charge in [0.25, 0.3) is 5.91 Å². The number of ether oxygens (including phenoxy) is 1. The van der Waals surface area contributed by atoms with E-state index in [1.54, 1.807) is 12.1 Å². The lowest BCUT2D eigenvalue weighted by Gasteiger charge is -2.20. The Hall–Kier alpha value is -1.75. The molecule has 2 amide bonds. The number of rotatable bonds is 2. The maximum absolute atomic E-state index is 12.1. The molecule has 1 aromatic rings. The molecule has 1 heterocycles. The van der Waals surface area contributed by atoms with Crippen LogP contribution in [0.25, 0.3) is 0 Å². The first-order valence-corrected chi connectivity index (χ1v) is 7.08. The molecule has 3 rings (SSSR count). The second-order valence-electron chi connectivity index (χ2n) is 5.14. The van der Waals surface area contributed by atoms with Crippen molar-refractivity contribution in [2.75, 3.05) is 17.2 Å². The van der Waals surface area contributed by atoms with E-state index in [0.717, 1.165) is 25.7 Å². The molecule has 0 atom stereocenters. The number of hydrogen-bond donors (Lipinski definition) is 2. The van der Waals surface area contributed by atoms with Crippen molar-refractivity contribution in [3.8, 4) is 5.75 Å². The summed E-state index contributed by atoms with van der Waals surface area (Å²) in [5.41, 5.74) is 1.06. The Balaban J connectivity index is 1.79. The molecular formula is C14H15ClN2O3. The Morgan fingerprint density at radius 3 is 2.85 bits per heavy atom. The highest BCUT2D eigenvalue weighted by Gasteiger charge is 2.24. The summed E-state index contributed by atoms with van der Waals surface area (Å²) in [7, 11) is 0. The first-order chi connectivity index (χ1) is 9.63. The van der Waals surface area contributed by atoms with Crippen molar-refractivity contribution in [2.24, 2.45) is 5.92 Å². The van der Waals surface area contributed by atoms with E-state index in [4.69, 9.17) is 16.3 Å². The number of hydrogen-bond acceptors (Lipinski definition) is 3. The smallest absolute Gasteiger partial charge is 0.262 e. The fourth-order valence-corrected chi connectivity index (χ4v) is 2.83. The first-order valence-electron chi connectivity index (χ1n) is 6.70. The molecule has 20 heavy (non-hydrogen) atoms. The number of nitrogens with one attached hydrogen (secondary N) is 2. The van der Waals surface area contributed by atoms with E-state index < -0.39 is 0 Å². The molecule has 1 fully saturated rings. The molecule has 0 aromatic heterocycles. The van der Waals surface area contributed by atoms with Crippen molar-refractivity contribution in [1.29, 1.82) is 0 Å². The molecule has 0 bridgehead atoms. The van der Waals surface area contributed by atoms with Crippen LogP contribution in [0.5, 0.6) is 5.75 Å². The summed E-state index contributed by atoms with van der Waals surface area (Å²) in [5, 5.41) is 5.91. The Morgan fingerprint density at radius 2 is 2.10 bits per heavy atom. The van der Waals surface area contributed by atoms with Crippen molar-refractivity contribution >= 4 is 34.8 Å². The molecule has 0 spiro atoms. The van der Waals surface area contributed by atoms with Crippen LogP contribution < -0.4 is 15.4 Å². The van der Waals surface area contributed by atoms with Gasteiger partial charge in [-0.1, -0.05) is 24.4 Å². The van der Waals surface area contributed by atoms with Gasteiger partial charge in [-0.25, -0.2) is 0 Å². The third kappa shape index (κ3) is 2.58. The van der Waals surface area contributed by atoms with Crippen LogP contribution in [0, 0.1) is 5.92 Å². The van der Waals surface area contributed by atoms with Crippen molar-refractivity contribution in [3.05, 3.63) is 17.2 Å². The predicted octanol–water partition coefficient (Wildman–Crippen LogP) is 2.80. The van der Waals surface area contributed by atoms with E-state index >= 15 is 0 Å². The molecule has 0 saturated heterocycles. The van der Waals surface area contributed by atoms with Gasteiger partial charge < -0.3 is 15.4 Å². The number of fused-ring (bicyclic) bond motifs is 1. The molecule has 0 radical (unpaired) electrons. The molecule has 1 aliphatic carbocycles. The van der Waals surface area contributed by atoms with Crippen molar-refractivity contribution < 1.29 is 14.3 Å². The number of halogens is 1. The molecular weight excluding hydrogens is 280 g/mol. The number of carbonyl (C=O) groups is 2. The summed E-state index contributed by atoms with van der Waals surface area (Å²) >= 11 is 6.14. The summed E-state index contributed by atoms with van der Waals surface area (Å²) in [6, 6.07) is 3.25. The average Bonchev–Trinajstić information content (AvgIpc) is 2.94. The summed E-state index contributed by atoms with van der Waals surface area (Å²) in [6.07, 6.45) is 4.07. The predicted molar refractivity (Wildman–Crippen MR) is 76.2 cm³/mol. The van der Waals surface area contributed by atoms with Gasteiger partial charge in [0, 0.05) is 12.0 Å². The van der Waals surface area contributed by atoms with Gasteiger partial charge >= 0.3 is 0 Å². The van der Waals surface area contributed by atoms with Crippen LogP contribution in [-0.4, -0.2) is 18.4 Å². The van der Waals surface area contributed by atoms with Crippen molar-refractivity contribution in [3.63, 3.8) is 0 Å². The van der Waals surface area contributed by atoms with E-state index in [1.807, 2.05) is 0 Å². The van der Waals surface area contributed by atoms with Gasteiger partial charge in [-0.2, -0.15) is 0 Å². The maximum atomic E-state index is 12.1. The Morgan fingerprint density at radius 1 is 1.35 bits per heavy atom. The zero-order chi connectivity index (χ0) is 14.1. The Kier molecular flexibility index (Phi) is 3.53. The van der Waals surface area contributed by atoms with E-state index in [-0.39, 0.29) is 24.3 Å². The zero-order valence-electron chi connectivity index (χ0n) is 10.9. The van der Waals surface area contributed by atoms with Crippen molar-refractivity contribution in [1.82, 2.24) is 0 Å². The van der Waals surface area contributed by atoms with E-state index in [2.05, 4.69) is 10.6 Å². The highest BCUT2D eigenvalue weighted by atomic mass is 35.5. The van der Waals surface area contributed by atoms with E-state index in [0.29, 0.717) is 22.1 Å². The topological polar surface area (TPSA) is 67.4 Å². The third-order valence-electron chi connectivity index (χ3n) is 3.69. The second kappa shape index (κ2) is 5.32. The lowest BCUT2D eigenvalue weighted by atomic mass is 10.1. The minimum Gasteiger partial charge on any atom is -0.482 e. The Labute approximate surface area is 121 Å². The molecule has 2 aliphatic rings. The second-order valence-corrected chi connectivity index (χ2v) is 5.54.